The minimum atomic E-state index is -1.03. The average molecular weight is 440 g/mol. The first kappa shape index (κ1) is 19.6. The van der Waals surface area contributed by atoms with Gasteiger partial charge in [-0.1, -0.05) is 22.9 Å². The number of rotatable bonds is 6. The van der Waals surface area contributed by atoms with Gasteiger partial charge in [-0.05, 0) is 18.2 Å². The fourth-order valence-electron chi connectivity index (χ4n) is 3.76. The minimum Gasteiger partial charge on any atom is -0.480 e. The first-order valence-corrected chi connectivity index (χ1v) is 10.2. The second kappa shape index (κ2) is 7.99. The molecule has 2 saturated heterocycles. The summed E-state index contributed by atoms with van der Waals surface area (Å²) in [5.74, 6) is -0.380. The lowest BCUT2D eigenvalue weighted by Gasteiger charge is -2.23. The molecule has 2 fully saturated rings. The normalized spacial score (nSPS) is 21.5. The summed E-state index contributed by atoms with van der Waals surface area (Å²) in [5, 5.41) is 22.4. The fraction of sp³-hybridized carbons (Fsp3) is 0.412. The number of benzene rings is 1. The standard InChI is InChI=1S/C17H19ClFN7O2S/c18-12-2-1-11(19)3-13(12)25-5-9-7-26(8-10(9)6-25)17-24-23-16(29-17)15(20)22-21-4-14(27)28/h1-3,9-10,21H,4-8H2,(H2,20,22)(H,27,28). The lowest BCUT2D eigenvalue weighted by molar-refractivity contribution is -0.135. The zero-order chi connectivity index (χ0) is 20.5. The maximum absolute atomic E-state index is 13.6. The van der Waals surface area contributed by atoms with Crippen molar-refractivity contribution in [2.45, 2.75) is 0 Å². The largest absolute Gasteiger partial charge is 0.480 e. The van der Waals surface area contributed by atoms with E-state index in [1.807, 2.05) is 0 Å². The molecule has 0 aliphatic carbocycles. The fourth-order valence-corrected chi connectivity index (χ4v) is 4.76. The lowest BCUT2D eigenvalue weighted by atomic mass is 10.0. The number of hydrogen-bond donors (Lipinski definition) is 3. The number of halogens is 2. The van der Waals surface area contributed by atoms with Crippen molar-refractivity contribution in [1.29, 1.82) is 0 Å². The molecule has 4 rings (SSSR count). The molecule has 0 bridgehead atoms. The van der Waals surface area contributed by atoms with E-state index in [0.29, 0.717) is 21.9 Å². The summed E-state index contributed by atoms with van der Waals surface area (Å²) in [6.45, 7) is 2.92. The summed E-state index contributed by atoms with van der Waals surface area (Å²) in [5.41, 5.74) is 8.94. The summed E-state index contributed by atoms with van der Waals surface area (Å²) in [4.78, 5) is 14.8. The Morgan fingerprint density at radius 2 is 2.00 bits per heavy atom. The molecule has 0 spiro atoms. The molecule has 154 valence electrons. The van der Waals surface area contributed by atoms with Crippen molar-refractivity contribution in [2.24, 2.45) is 22.7 Å². The number of nitrogens with one attached hydrogen (secondary N) is 1. The van der Waals surface area contributed by atoms with Crippen LogP contribution in [-0.2, 0) is 4.79 Å². The summed E-state index contributed by atoms with van der Waals surface area (Å²) in [6.07, 6.45) is 0. The van der Waals surface area contributed by atoms with Crippen LogP contribution in [0.25, 0.3) is 0 Å². The van der Waals surface area contributed by atoms with Gasteiger partial charge in [0.2, 0.25) is 5.13 Å². The van der Waals surface area contributed by atoms with Crippen LogP contribution in [-0.4, -0.2) is 59.8 Å². The molecule has 1 aromatic heterocycles. The summed E-state index contributed by atoms with van der Waals surface area (Å²) < 4.78 is 13.6. The molecule has 0 radical (unpaired) electrons. The van der Waals surface area contributed by atoms with E-state index in [9.17, 15) is 9.18 Å². The molecule has 12 heteroatoms. The maximum Gasteiger partial charge on any atom is 0.324 e. The number of nitrogens with two attached hydrogens (primary N) is 1. The van der Waals surface area contributed by atoms with Crippen molar-refractivity contribution in [2.75, 3.05) is 42.5 Å². The summed E-state index contributed by atoms with van der Waals surface area (Å²) in [7, 11) is 0. The van der Waals surface area contributed by atoms with E-state index in [4.69, 9.17) is 22.4 Å². The van der Waals surface area contributed by atoms with Crippen LogP contribution >= 0.6 is 22.9 Å². The number of carbonyl (C=O) groups is 1. The zero-order valence-corrected chi connectivity index (χ0v) is 16.8. The molecule has 2 unspecified atom stereocenters. The van der Waals surface area contributed by atoms with Crippen LogP contribution in [0.3, 0.4) is 0 Å². The summed E-state index contributed by atoms with van der Waals surface area (Å²) >= 11 is 7.56. The highest BCUT2D eigenvalue weighted by Crippen LogP contribution is 2.39. The highest BCUT2D eigenvalue weighted by atomic mass is 35.5. The third-order valence-electron chi connectivity index (χ3n) is 5.07. The Labute approximate surface area is 175 Å². The predicted octanol–water partition coefficient (Wildman–Crippen LogP) is 1.20. The van der Waals surface area contributed by atoms with Crippen LogP contribution in [0.1, 0.15) is 5.01 Å². The van der Waals surface area contributed by atoms with E-state index in [0.717, 1.165) is 37.0 Å². The Hall–Kier alpha value is -2.66. The van der Waals surface area contributed by atoms with Gasteiger partial charge in [-0.2, -0.15) is 5.10 Å². The third-order valence-corrected chi connectivity index (χ3v) is 6.40. The van der Waals surface area contributed by atoms with Gasteiger partial charge in [-0.15, -0.1) is 10.2 Å². The number of hydrazone groups is 1. The van der Waals surface area contributed by atoms with Crippen LogP contribution in [0.15, 0.2) is 23.3 Å². The van der Waals surface area contributed by atoms with E-state index < -0.39 is 5.97 Å². The number of nitrogens with zero attached hydrogens (tertiary/aromatic N) is 5. The Bertz CT molecular complexity index is 942. The maximum atomic E-state index is 13.6. The number of anilines is 2. The van der Waals surface area contributed by atoms with Crippen molar-refractivity contribution in [3.63, 3.8) is 0 Å². The van der Waals surface area contributed by atoms with Gasteiger partial charge in [0.15, 0.2) is 10.8 Å². The first-order chi connectivity index (χ1) is 13.9. The van der Waals surface area contributed by atoms with Crippen LogP contribution in [0, 0.1) is 17.7 Å². The van der Waals surface area contributed by atoms with E-state index in [1.54, 1.807) is 6.07 Å². The van der Waals surface area contributed by atoms with Crippen molar-refractivity contribution in [1.82, 2.24) is 15.6 Å². The molecule has 2 aliphatic heterocycles. The van der Waals surface area contributed by atoms with Gasteiger partial charge in [-0.3, -0.25) is 10.2 Å². The van der Waals surface area contributed by atoms with Gasteiger partial charge in [0.25, 0.3) is 0 Å². The van der Waals surface area contributed by atoms with Crippen LogP contribution in [0.5, 0.6) is 0 Å². The van der Waals surface area contributed by atoms with Gasteiger partial charge < -0.3 is 20.6 Å². The van der Waals surface area contributed by atoms with Crippen LogP contribution < -0.4 is 21.0 Å². The second-order valence-corrected chi connectivity index (χ2v) is 8.40. The quantitative estimate of drug-likeness (QED) is 0.349. The number of amidine groups is 1. The predicted molar refractivity (Wildman–Crippen MR) is 109 cm³/mol. The van der Waals surface area contributed by atoms with E-state index in [2.05, 4.69) is 30.5 Å². The number of fused-ring (bicyclic) bond motifs is 1. The Kier molecular flexibility index (Phi) is 5.41. The Morgan fingerprint density at radius 3 is 2.69 bits per heavy atom. The summed E-state index contributed by atoms with van der Waals surface area (Å²) in [6, 6.07) is 4.44. The molecule has 0 saturated carbocycles. The number of aliphatic carboxylic acids is 1. The molecule has 0 amide bonds. The molecule has 2 aliphatic rings. The van der Waals surface area contributed by atoms with Crippen molar-refractivity contribution in [3.05, 3.63) is 34.0 Å². The topological polar surface area (TPSA) is 120 Å². The van der Waals surface area contributed by atoms with Gasteiger partial charge in [0, 0.05) is 38.0 Å². The van der Waals surface area contributed by atoms with Gasteiger partial charge in [0.05, 0.1) is 10.7 Å². The van der Waals surface area contributed by atoms with E-state index in [1.165, 1.54) is 23.5 Å². The van der Waals surface area contributed by atoms with E-state index in [-0.39, 0.29) is 18.2 Å². The number of carboxylic acids is 1. The second-order valence-electron chi connectivity index (χ2n) is 7.04. The van der Waals surface area contributed by atoms with Crippen molar-refractivity contribution in [3.8, 4) is 0 Å². The highest BCUT2D eigenvalue weighted by molar-refractivity contribution is 7.17. The molecule has 29 heavy (non-hydrogen) atoms. The smallest absolute Gasteiger partial charge is 0.324 e. The molecular formula is C17H19ClFN7O2S. The first-order valence-electron chi connectivity index (χ1n) is 8.97. The van der Waals surface area contributed by atoms with Crippen molar-refractivity contribution < 1.29 is 14.3 Å². The van der Waals surface area contributed by atoms with Gasteiger partial charge in [-0.25, -0.2) is 4.39 Å². The molecule has 9 nitrogen and oxygen atoms in total. The molecule has 4 N–H and O–H groups in total. The van der Waals surface area contributed by atoms with Crippen LogP contribution in [0.2, 0.25) is 5.02 Å². The number of aromatic nitrogens is 2. The number of hydrogen-bond acceptors (Lipinski definition) is 8. The highest BCUT2D eigenvalue weighted by Gasteiger charge is 2.41. The molecule has 2 atom stereocenters. The van der Waals surface area contributed by atoms with Crippen LogP contribution in [0.4, 0.5) is 15.2 Å². The molecule has 1 aromatic carbocycles. The lowest BCUT2D eigenvalue weighted by Crippen LogP contribution is -2.28. The van der Waals surface area contributed by atoms with Gasteiger partial charge in [0.1, 0.15) is 12.4 Å². The average Bonchev–Trinajstić information content (AvgIpc) is 3.37. The SMILES string of the molecule is N/C(=N\NCC(=O)O)c1nnc(N2CC3CN(c4cc(F)ccc4Cl)CC3C2)s1. The van der Waals surface area contributed by atoms with E-state index >= 15 is 0 Å². The Balaban J connectivity index is 1.38. The molecule has 3 heterocycles. The monoisotopic (exact) mass is 439 g/mol. The number of carboxylic acid groups (broad SMARTS) is 1. The van der Waals surface area contributed by atoms with Crippen molar-refractivity contribution >= 4 is 45.6 Å². The third kappa shape index (κ3) is 4.20. The zero-order valence-electron chi connectivity index (χ0n) is 15.3. The Morgan fingerprint density at radius 1 is 1.31 bits per heavy atom. The van der Waals surface area contributed by atoms with Gasteiger partial charge >= 0.3 is 5.97 Å². The minimum absolute atomic E-state index is 0.0984. The molecular weight excluding hydrogens is 421 g/mol. The molecule has 2 aromatic rings.